The van der Waals surface area contributed by atoms with Crippen molar-refractivity contribution >= 4 is 11.8 Å². The monoisotopic (exact) mass is 254 g/mol. The van der Waals surface area contributed by atoms with E-state index < -0.39 is 11.1 Å². The predicted molar refractivity (Wildman–Crippen MR) is 72.1 cm³/mol. The molecule has 1 aliphatic rings. The normalized spacial score (nSPS) is 22.3. The zero-order chi connectivity index (χ0) is 14.1. The van der Waals surface area contributed by atoms with Crippen molar-refractivity contribution in [2.45, 2.75) is 65.5 Å². The fourth-order valence-electron chi connectivity index (χ4n) is 2.46. The van der Waals surface area contributed by atoms with Crippen molar-refractivity contribution in [1.29, 1.82) is 0 Å². The number of nitrogens with zero attached hydrogens (tertiary/aromatic N) is 1. The van der Waals surface area contributed by atoms with Gasteiger partial charge >= 0.3 is 0 Å². The van der Waals surface area contributed by atoms with Crippen LogP contribution in [0.4, 0.5) is 0 Å². The average molecular weight is 254 g/mol. The number of rotatable bonds is 4. The summed E-state index contributed by atoms with van der Waals surface area (Å²) < 4.78 is 0. The smallest absolute Gasteiger partial charge is 0.249 e. The standard InChI is InChI=1S/C14H26N2O2/c1-7-14(8-2)12(18)16(9-10(3)4)13(5,6)11(17)15-14/h10H,7-9H2,1-6H3,(H,15,17). The minimum Gasteiger partial charge on any atom is -0.340 e. The van der Waals surface area contributed by atoms with Crippen molar-refractivity contribution in [3.05, 3.63) is 0 Å². The zero-order valence-electron chi connectivity index (χ0n) is 12.5. The molecule has 1 saturated heterocycles. The van der Waals surface area contributed by atoms with E-state index in [1.165, 1.54) is 0 Å². The summed E-state index contributed by atoms with van der Waals surface area (Å²) in [6.07, 6.45) is 1.28. The Hall–Kier alpha value is -1.06. The Balaban J connectivity index is 3.17. The minimum absolute atomic E-state index is 0.0496. The van der Waals surface area contributed by atoms with Crippen LogP contribution < -0.4 is 5.32 Å². The van der Waals surface area contributed by atoms with Gasteiger partial charge in [-0.1, -0.05) is 27.7 Å². The van der Waals surface area contributed by atoms with Crippen LogP contribution in [0.5, 0.6) is 0 Å². The van der Waals surface area contributed by atoms with Gasteiger partial charge in [-0.05, 0) is 32.6 Å². The van der Waals surface area contributed by atoms with Crippen molar-refractivity contribution in [2.24, 2.45) is 5.92 Å². The molecule has 0 aromatic carbocycles. The van der Waals surface area contributed by atoms with Gasteiger partial charge in [-0.3, -0.25) is 9.59 Å². The molecule has 1 fully saturated rings. The fourth-order valence-corrected chi connectivity index (χ4v) is 2.46. The summed E-state index contributed by atoms with van der Waals surface area (Å²) in [6, 6.07) is 0. The Kier molecular flexibility index (Phi) is 4.08. The van der Waals surface area contributed by atoms with E-state index >= 15 is 0 Å². The lowest BCUT2D eigenvalue weighted by molar-refractivity contribution is -0.162. The summed E-state index contributed by atoms with van der Waals surface area (Å²) in [6.45, 7) is 12.3. The van der Waals surface area contributed by atoms with E-state index in [9.17, 15) is 9.59 Å². The summed E-state index contributed by atoms with van der Waals surface area (Å²) in [7, 11) is 0. The molecule has 1 rings (SSSR count). The molecule has 1 N–H and O–H groups in total. The van der Waals surface area contributed by atoms with Crippen molar-refractivity contribution < 1.29 is 9.59 Å². The third-order valence-corrected chi connectivity index (χ3v) is 3.99. The van der Waals surface area contributed by atoms with Crippen LogP contribution >= 0.6 is 0 Å². The fraction of sp³-hybridized carbons (Fsp3) is 0.857. The summed E-state index contributed by atoms with van der Waals surface area (Å²) in [5, 5.41) is 2.94. The van der Waals surface area contributed by atoms with E-state index in [2.05, 4.69) is 19.2 Å². The van der Waals surface area contributed by atoms with Gasteiger partial charge in [0.05, 0.1) is 0 Å². The van der Waals surface area contributed by atoms with Crippen molar-refractivity contribution in [1.82, 2.24) is 10.2 Å². The maximum atomic E-state index is 12.7. The highest BCUT2D eigenvalue weighted by Crippen LogP contribution is 2.30. The molecule has 0 spiro atoms. The van der Waals surface area contributed by atoms with E-state index in [1.807, 2.05) is 27.7 Å². The zero-order valence-corrected chi connectivity index (χ0v) is 12.5. The van der Waals surface area contributed by atoms with E-state index in [0.29, 0.717) is 25.3 Å². The Bertz CT molecular complexity index is 344. The molecule has 0 aromatic heterocycles. The van der Waals surface area contributed by atoms with Crippen LogP contribution in [0, 0.1) is 5.92 Å². The molecule has 0 radical (unpaired) electrons. The van der Waals surface area contributed by atoms with Gasteiger partial charge in [0.15, 0.2) is 0 Å². The lowest BCUT2D eigenvalue weighted by atomic mass is 9.83. The molecule has 18 heavy (non-hydrogen) atoms. The first kappa shape index (κ1) is 15.0. The van der Waals surface area contributed by atoms with Crippen molar-refractivity contribution in [2.75, 3.05) is 6.54 Å². The lowest BCUT2D eigenvalue weighted by Crippen LogP contribution is -2.74. The molecule has 0 aliphatic carbocycles. The Labute approximate surface area is 110 Å². The van der Waals surface area contributed by atoms with Gasteiger partial charge < -0.3 is 10.2 Å². The number of carbonyl (C=O) groups excluding carboxylic acids is 2. The van der Waals surface area contributed by atoms with Gasteiger partial charge in [0, 0.05) is 6.54 Å². The van der Waals surface area contributed by atoms with Gasteiger partial charge in [0.1, 0.15) is 11.1 Å². The molecule has 1 heterocycles. The lowest BCUT2D eigenvalue weighted by Gasteiger charge is -2.50. The number of hydrogen-bond donors (Lipinski definition) is 1. The second kappa shape index (κ2) is 4.90. The molecule has 0 unspecified atom stereocenters. The van der Waals surface area contributed by atoms with E-state index in [-0.39, 0.29) is 11.8 Å². The van der Waals surface area contributed by atoms with Gasteiger partial charge in [-0.2, -0.15) is 0 Å². The highest BCUT2D eigenvalue weighted by atomic mass is 16.2. The first-order chi connectivity index (χ1) is 8.21. The molecule has 0 aromatic rings. The third kappa shape index (κ3) is 2.25. The van der Waals surface area contributed by atoms with Crippen LogP contribution in [0.25, 0.3) is 0 Å². The van der Waals surface area contributed by atoms with E-state index in [0.717, 1.165) is 0 Å². The minimum atomic E-state index is -0.755. The quantitative estimate of drug-likeness (QED) is 0.833. The summed E-state index contributed by atoms with van der Waals surface area (Å²) in [5.74, 6) is 0.364. The maximum Gasteiger partial charge on any atom is 0.249 e. The van der Waals surface area contributed by atoms with Gasteiger partial charge in [-0.25, -0.2) is 0 Å². The van der Waals surface area contributed by atoms with E-state index in [1.54, 1.807) is 4.90 Å². The second-order valence-corrected chi connectivity index (χ2v) is 6.11. The molecular formula is C14H26N2O2. The Morgan fingerprint density at radius 1 is 1.17 bits per heavy atom. The third-order valence-electron chi connectivity index (χ3n) is 3.99. The summed E-state index contributed by atoms with van der Waals surface area (Å²) in [5.41, 5.74) is -1.46. The van der Waals surface area contributed by atoms with Crippen LogP contribution in [0.3, 0.4) is 0 Å². The van der Waals surface area contributed by atoms with E-state index in [4.69, 9.17) is 0 Å². The predicted octanol–water partition coefficient (Wildman–Crippen LogP) is 1.94. The van der Waals surface area contributed by atoms with Crippen LogP contribution in [0.2, 0.25) is 0 Å². The van der Waals surface area contributed by atoms with Crippen molar-refractivity contribution in [3.63, 3.8) is 0 Å². The highest BCUT2D eigenvalue weighted by molar-refractivity contribution is 6.01. The van der Waals surface area contributed by atoms with Gasteiger partial charge in [-0.15, -0.1) is 0 Å². The maximum absolute atomic E-state index is 12.7. The molecule has 1 aliphatic heterocycles. The number of piperazine rings is 1. The van der Waals surface area contributed by atoms with Crippen LogP contribution in [-0.2, 0) is 9.59 Å². The summed E-state index contributed by atoms with van der Waals surface area (Å²) in [4.78, 5) is 26.8. The number of hydrogen-bond acceptors (Lipinski definition) is 2. The number of carbonyl (C=O) groups is 2. The largest absolute Gasteiger partial charge is 0.340 e. The first-order valence-corrected chi connectivity index (χ1v) is 6.86. The summed E-state index contributed by atoms with van der Waals surface area (Å²) >= 11 is 0. The Morgan fingerprint density at radius 2 is 1.67 bits per heavy atom. The molecule has 0 atom stereocenters. The topological polar surface area (TPSA) is 49.4 Å². The molecule has 104 valence electrons. The van der Waals surface area contributed by atoms with Crippen LogP contribution in [-0.4, -0.2) is 34.3 Å². The molecule has 0 bridgehead atoms. The molecule has 2 amide bonds. The first-order valence-electron chi connectivity index (χ1n) is 6.86. The second-order valence-electron chi connectivity index (χ2n) is 6.11. The van der Waals surface area contributed by atoms with Crippen LogP contribution in [0.1, 0.15) is 54.4 Å². The molecule has 0 saturated carbocycles. The average Bonchev–Trinajstić information content (AvgIpc) is 2.30. The highest BCUT2D eigenvalue weighted by Gasteiger charge is 2.52. The van der Waals surface area contributed by atoms with Gasteiger partial charge in [0.2, 0.25) is 11.8 Å². The SMILES string of the molecule is CCC1(CC)NC(=O)C(C)(C)N(CC(C)C)C1=O. The molecule has 4 nitrogen and oxygen atoms in total. The van der Waals surface area contributed by atoms with Gasteiger partial charge in [0.25, 0.3) is 0 Å². The Morgan fingerprint density at radius 3 is 2.06 bits per heavy atom. The number of amides is 2. The molecular weight excluding hydrogens is 228 g/mol. The molecule has 4 heteroatoms. The van der Waals surface area contributed by atoms with Crippen molar-refractivity contribution in [3.8, 4) is 0 Å². The number of nitrogens with one attached hydrogen (secondary N) is 1. The van der Waals surface area contributed by atoms with Crippen LogP contribution in [0.15, 0.2) is 0 Å².